The van der Waals surface area contributed by atoms with E-state index >= 15 is 0 Å². The third-order valence-electron chi connectivity index (χ3n) is 2.71. The summed E-state index contributed by atoms with van der Waals surface area (Å²) in [6, 6.07) is 7.16. The maximum atomic E-state index is 13.7. The predicted molar refractivity (Wildman–Crippen MR) is 67.1 cm³/mol. The summed E-state index contributed by atoms with van der Waals surface area (Å²) in [6.45, 7) is 1.55. The zero-order chi connectivity index (χ0) is 14.9. The Morgan fingerprint density at radius 2 is 1.75 bits per heavy atom. The van der Waals surface area contributed by atoms with Gasteiger partial charge in [0, 0.05) is 0 Å². The van der Waals surface area contributed by atoms with Crippen molar-refractivity contribution in [1.29, 1.82) is 0 Å². The number of nitrogens with two attached hydrogens (primary N) is 1. The van der Waals surface area contributed by atoms with Crippen molar-refractivity contribution in [3.05, 3.63) is 53.3 Å². The summed E-state index contributed by atoms with van der Waals surface area (Å²) in [4.78, 5) is 0. The molecule has 2 aromatic carbocycles. The Bertz CT molecular complexity index is 638. The van der Waals surface area contributed by atoms with Gasteiger partial charge in [0.15, 0.2) is 11.6 Å². The highest BCUT2D eigenvalue weighted by Gasteiger charge is 2.31. The maximum Gasteiger partial charge on any atom is 0.416 e. The van der Waals surface area contributed by atoms with Crippen molar-refractivity contribution in [2.45, 2.75) is 13.1 Å². The van der Waals surface area contributed by atoms with Crippen molar-refractivity contribution in [2.75, 3.05) is 5.73 Å². The number of aryl methyl sites for hydroxylation is 1. The van der Waals surface area contributed by atoms with Crippen molar-refractivity contribution < 1.29 is 22.3 Å². The first-order chi connectivity index (χ1) is 9.29. The lowest BCUT2D eigenvalue weighted by molar-refractivity contribution is -0.137. The second-order valence-electron chi connectivity index (χ2n) is 4.24. The SMILES string of the molecule is Cc1cccc(Oc2ccc(C(F)(F)F)cc2N)c1F. The molecule has 2 aromatic rings. The number of benzene rings is 2. The smallest absolute Gasteiger partial charge is 0.416 e. The number of anilines is 1. The fraction of sp³-hybridized carbons (Fsp3) is 0.143. The highest BCUT2D eigenvalue weighted by Crippen LogP contribution is 2.36. The van der Waals surface area contributed by atoms with E-state index in [-0.39, 0.29) is 17.2 Å². The van der Waals surface area contributed by atoms with Gasteiger partial charge in [-0.25, -0.2) is 4.39 Å². The Labute approximate surface area is 112 Å². The molecule has 0 bridgehead atoms. The van der Waals surface area contributed by atoms with Crippen LogP contribution in [0.15, 0.2) is 36.4 Å². The van der Waals surface area contributed by atoms with Crippen LogP contribution in [-0.4, -0.2) is 0 Å². The summed E-state index contributed by atoms with van der Waals surface area (Å²) in [7, 11) is 0. The van der Waals surface area contributed by atoms with Gasteiger partial charge in [0.2, 0.25) is 0 Å². The lowest BCUT2D eigenvalue weighted by Gasteiger charge is -2.12. The highest BCUT2D eigenvalue weighted by atomic mass is 19.4. The Kier molecular flexibility index (Phi) is 3.57. The molecule has 2 rings (SSSR count). The first-order valence-electron chi connectivity index (χ1n) is 5.68. The molecule has 0 radical (unpaired) electrons. The van der Waals surface area contributed by atoms with Crippen LogP contribution in [0.4, 0.5) is 23.2 Å². The Balaban J connectivity index is 2.33. The number of halogens is 4. The number of hydrogen-bond acceptors (Lipinski definition) is 2. The summed E-state index contributed by atoms with van der Waals surface area (Å²) in [5.41, 5.74) is 4.79. The third kappa shape index (κ3) is 2.84. The minimum absolute atomic E-state index is 0.0255. The quantitative estimate of drug-likeness (QED) is 0.650. The Hall–Kier alpha value is -2.24. The summed E-state index contributed by atoms with van der Waals surface area (Å²) in [5.74, 6) is -0.689. The molecule has 20 heavy (non-hydrogen) atoms. The van der Waals surface area contributed by atoms with Crippen molar-refractivity contribution >= 4 is 5.69 Å². The predicted octanol–water partition coefficient (Wildman–Crippen LogP) is 4.53. The van der Waals surface area contributed by atoms with Gasteiger partial charge in [0.25, 0.3) is 0 Å². The third-order valence-corrected chi connectivity index (χ3v) is 2.71. The fourth-order valence-electron chi connectivity index (χ4n) is 1.64. The van der Waals surface area contributed by atoms with Gasteiger partial charge in [0.05, 0.1) is 11.3 Å². The molecule has 0 atom stereocenters. The average molecular weight is 285 g/mol. The molecule has 0 amide bonds. The van der Waals surface area contributed by atoms with Crippen molar-refractivity contribution in [3.8, 4) is 11.5 Å². The van der Waals surface area contributed by atoms with Crippen LogP contribution < -0.4 is 10.5 Å². The summed E-state index contributed by atoms with van der Waals surface area (Å²) >= 11 is 0. The van der Waals surface area contributed by atoms with Gasteiger partial charge >= 0.3 is 6.18 Å². The highest BCUT2D eigenvalue weighted by molar-refractivity contribution is 5.56. The summed E-state index contributed by atoms with van der Waals surface area (Å²) < 4.78 is 56.4. The van der Waals surface area contributed by atoms with Crippen LogP contribution in [0, 0.1) is 12.7 Å². The largest absolute Gasteiger partial charge is 0.452 e. The molecule has 0 aliphatic heterocycles. The Morgan fingerprint density at radius 3 is 2.35 bits per heavy atom. The van der Waals surface area contributed by atoms with E-state index in [4.69, 9.17) is 10.5 Å². The molecular weight excluding hydrogens is 274 g/mol. The van der Waals surface area contributed by atoms with E-state index in [9.17, 15) is 17.6 Å². The topological polar surface area (TPSA) is 35.2 Å². The van der Waals surface area contributed by atoms with Gasteiger partial charge in [-0.15, -0.1) is 0 Å². The molecule has 2 N–H and O–H groups in total. The molecule has 106 valence electrons. The van der Waals surface area contributed by atoms with E-state index in [0.29, 0.717) is 5.56 Å². The van der Waals surface area contributed by atoms with Gasteiger partial charge in [-0.1, -0.05) is 12.1 Å². The van der Waals surface area contributed by atoms with Gasteiger partial charge in [0.1, 0.15) is 5.75 Å². The molecule has 0 aliphatic rings. The molecule has 0 unspecified atom stereocenters. The lowest BCUT2D eigenvalue weighted by Crippen LogP contribution is -2.06. The molecule has 0 heterocycles. The van der Waals surface area contributed by atoms with E-state index < -0.39 is 17.6 Å². The van der Waals surface area contributed by atoms with Crippen LogP contribution in [0.25, 0.3) is 0 Å². The second-order valence-corrected chi connectivity index (χ2v) is 4.24. The van der Waals surface area contributed by atoms with E-state index in [2.05, 4.69) is 0 Å². The second kappa shape index (κ2) is 5.03. The molecule has 0 saturated heterocycles. The number of nitrogen functional groups attached to an aromatic ring is 1. The van der Waals surface area contributed by atoms with E-state index in [1.165, 1.54) is 6.07 Å². The van der Waals surface area contributed by atoms with Crippen molar-refractivity contribution in [2.24, 2.45) is 0 Å². The minimum Gasteiger partial charge on any atom is -0.452 e. The fourth-order valence-corrected chi connectivity index (χ4v) is 1.64. The Morgan fingerprint density at radius 1 is 1.05 bits per heavy atom. The normalized spacial score (nSPS) is 11.4. The first kappa shape index (κ1) is 14.2. The van der Waals surface area contributed by atoms with Crippen molar-refractivity contribution in [1.82, 2.24) is 0 Å². The van der Waals surface area contributed by atoms with Gasteiger partial charge < -0.3 is 10.5 Å². The molecule has 0 fully saturated rings. The molecule has 0 aliphatic carbocycles. The lowest BCUT2D eigenvalue weighted by atomic mass is 10.2. The zero-order valence-electron chi connectivity index (χ0n) is 10.5. The maximum absolute atomic E-state index is 13.7. The molecule has 0 aromatic heterocycles. The monoisotopic (exact) mass is 285 g/mol. The van der Waals surface area contributed by atoms with Crippen LogP contribution in [-0.2, 0) is 6.18 Å². The van der Waals surface area contributed by atoms with Crippen LogP contribution >= 0.6 is 0 Å². The molecule has 2 nitrogen and oxygen atoms in total. The standard InChI is InChI=1S/C14H11F4NO/c1-8-3-2-4-12(13(8)15)20-11-6-5-9(7-10(11)19)14(16,17)18/h2-7H,19H2,1H3. The van der Waals surface area contributed by atoms with E-state index in [1.807, 2.05) is 0 Å². The number of alkyl halides is 3. The number of rotatable bonds is 2. The van der Waals surface area contributed by atoms with E-state index in [1.54, 1.807) is 19.1 Å². The molecule has 0 saturated carbocycles. The van der Waals surface area contributed by atoms with Crippen LogP contribution in [0.3, 0.4) is 0 Å². The summed E-state index contributed by atoms with van der Waals surface area (Å²) in [5, 5.41) is 0. The average Bonchev–Trinajstić information content (AvgIpc) is 2.36. The van der Waals surface area contributed by atoms with Crippen LogP contribution in [0.2, 0.25) is 0 Å². The number of ether oxygens (including phenoxy) is 1. The van der Waals surface area contributed by atoms with Gasteiger partial charge in [-0.3, -0.25) is 0 Å². The summed E-state index contributed by atoms with van der Waals surface area (Å²) in [6.07, 6.45) is -4.48. The number of hydrogen-bond donors (Lipinski definition) is 1. The van der Waals surface area contributed by atoms with Crippen molar-refractivity contribution in [3.63, 3.8) is 0 Å². The van der Waals surface area contributed by atoms with E-state index in [0.717, 1.165) is 18.2 Å². The molecular formula is C14H11F4NO. The molecule has 0 spiro atoms. The first-order valence-corrected chi connectivity index (χ1v) is 5.68. The van der Waals surface area contributed by atoms with Crippen LogP contribution in [0.5, 0.6) is 11.5 Å². The van der Waals surface area contributed by atoms with Crippen LogP contribution in [0.1, 0.15) is 11.1 Å². The van der Waals surface area contributed by atoms with Gasteiger partial charge in [-0.05, 0) is 36.8 Å². The zero-order valence-corrected chi connectivity index (χ0v) is 10.5. The molecule has 6 heteroatoms. The minimum atomic E-state index is -4.48. The van der Waals surface area contributed by atoms with Gasteiger partial charge in [-0.2, -0.15) is 13.2 Å².